The van der Waals surface area contributed by atoms with Crippen LogP contribution in [0.3, 0.4) is 0 Å². The number of nitrogens with one attached hydrogen (secondary N) is 1. The summed E-state index contributed by atoms with van der Waals surface area (Å²) in [6.45, 7) is 4.26. The van der Waals surface area contributed by atoms with Gasteiger partial charge in [0.05, 0.1) is 6.54 Å². The molecule has 178 valence electrons. The van der Waals surface area contributed by atoms with Crippen LogP contribution in [0.5, 0.6) is 0 Å². The van der Waals surface area contributed by atoms with E-state index in [4.69, 9.17) is 23.2 Å². The van der Waals surface area contributed by atoms with E-state index in [0.717, 1.165) is 27.9 Å². The molecule has 3 aromatic carbocycles. The van der Waals surface area contributed by atoms with Gasteiger partial charge in [-0.25, -0.2) is 0 Å². The maximum Gasteiger partial charge on any atom is 0.278 e. The van der Waals surface area contributed by atoms with Gasteiger partial charge in [0.25, 0.3) is 5.56 Å². The van der Waals surface area contributed by atoms with Gasteiger partial charge in [0.15, 0.2) is 0 Å². The molecule has 1 heterocycles. The molecule has 0 saturated heterocycles. The van der Waals surface area contributed by atoms with Crippen LogP contribution in [0.25, 0.3) is 0 Å². The molecule has 0 atom stereocenters. The number of anilines is 2. The first-order valence-corrected chi connectivity index (χ1v) is 12.0. The third-order valence-corrected chi connectivity index (χ3v) is 6.75. The zero-order valence-electron chi connectivity index (χ0n) is 19.5. The lowest BCUT2D eigenvalue weighted by molar-refractivity contribution is -0.117. The Labute approximate surface area is 214 Å². The molecule has 1 N–H and O–H groups in total. The molecule has 0 bridgehead atoms. The number of Topliss-reactive ketones (excluding diaryl/α,β-unsaturated/α-hetero) is 1. The van der Waals surface area contributed by atoms with E-state index >= 15 is 0 Å². The molecule has 0 saturated carbocycles. The molecule has 0 unspecified atom stereocenters. The van der Waals surface area contributed by atoms with Crippen molar-refractivity contribution in [1.29, 1.82) is 0 Å². The number of carbonyl (C=O) groups is 1. The summed E-state index contributed by atoms with van der Waals surface area (Å²) in [6, 6.07) is 20.9. The number of benzene rings is 3. The van der Waals surface area contributed by atoms with Crippen molar-refractivity contribution >= 4 is 40.6 Å². The lowest BCUT2D eigenvalue weighted by atomic mass is 10.0. The van der Waals surface area contributed by atoms with Gasteiger partial charge in [0.1, 0.15) is 5.78 Å². The lowest BCUT2D eigenvalue weighted by Gasteiger charge is -2.17. The summed E-state index contributed by atoms with van der Waals surface area (Å²) in [5.41, 5.74) is 4.29. The van der Waals surface area contributed by atoms with Crippen LogP contribution in [0, 0.1) is 13.8 Å². The van der Waals surface area contributed by atoms with Crippen molar-refractivity contribution in [2.75, 3.05) is 5.32 Å². The highest BCUT2D eigenvalue weighted by Gasteiger charge is 2.15. The fourth-order valence-corrected chi connectivity index (χ4v) is 4.22. The minimum absolute atomic E-state index is 0.0109. The molecule has 0 aliphatic rings. The fraction of sp³-hybridized carbons (Fsp3) is 0.179. The number of ketones is 1. The Morgan fingerprint density at radius 3 is 2.26 bits per heavy atom. The van der Waals surface area contributed by atoms with Gasteiger partial charge in [-0.2, -0.15) is 4.98 Å². The van der Waals surface area contributed by atoms with Gasteiger partial charge in [0.2, 0.25) is 5.95 Å². The Morgan fingerprint density at radius 1 is 0.857 bits per heavy atom. The van der Waals surface area contributed by atoms with E-state index in [2.05, 4.69) is 10.3 Å². The summed E-state index contributed by atoms with van der Waals surface area (Å²) >= 11 is 12.5. The molecule has 0 aliphatic heterocycles. The van der Waals surface area contributed by atoms with Gasteiger partial charge < -0.3 is 9.88 Å². The SMILES string of the molecule is Cc1c(Cl)cccc1CC(=O)Cc1cn(Cc2ccccc2)c(Nc2cccc(Cl)c2C)nc1=O. The monoisotopic (exact) mass is 505 g/mol. The van der Waals surface area contributed by atoms with Gasteiger partial charge in [-0.3, -0.25) is 9.59 Å². The lowest BCUT2D eigenvalue weighted by Crippen LogP contribution is -2.23. The molecule has 0 amide bonds. The van der Waals surface area contributed by atoms with Gasteiger partial charge >= 0.3 is 0 Å². The molecule has 0 spiro atoms. The molecule has 0 fully saturated rings. The van der Waals surface area contributed by atoms with Crippen molar-refractivity contribution in [2.24, 2.45) is 0 Å². The molecule has 4 aromatic rings. The van der Waals surface area contributed by atoms with Crippen LogP contribution in [0.4, 0.5) is 11.6 Å². The van der Waals surface area contributed by atoms with Gasteiger partial charge in [-0.1, -0.05) is 71.7 Å². The summed E-state index contributed by atoms with van der Waals surface area (Å²) in [5, 5.41) is 4.48. The molecule has 0 aliphatic carbocycles. The molecule has 0 radical (unpaired) electrons. The van der Waals surface area contributed by atoms with E-state index in [9.17, 15) is 9.59 Å². The summed E-state index contributed by atoms with van der Waals surface area (Å²) in [6.07, 6.45) is 1.91. The first-order valence-electron chi connectivity index (χ1n) is 11.2. The Bertz CT molecular complexity index is 1430. The number of carbonyl (C=O) groups excluding carboxylic acids is 1. The van der Waals surface area contributed by atoms with Crippen molar-refractivity contribution in [3.05, 3.63) is 121 Å². The average molecular weight is 506 g/mol. The molecular formula is C28H25Cl2N3O2. The van der Waals surface area contributed by atoms with Gasteiger partial charge in [-0.15, -0.1) is 0 Å². The zero-order chi connectivity index (χ0) is 24.9. The summed E-state index contributed by atoms with van der Waals surface area (Å²) < 4.78 is 1.85. The third kappa shape index (κ3) is 5.99. The second-order valence-electron chi connectivity index (χ2n) is 8.46. The number of hydrogen-bond donors (Lipinski definition) is 1. The second-order valence-corrected chi connectivity index (χ2v) is 9.28. The summed E-state index contributed by atoms with van der Waals surface area (Å²) in [7, 11) is 0. The molecular weight excluding hydrogens is 481 g/mol. The van der Waals surface area contributed by atoms with Crippen LogP contribution in [0.15, 0.2) is 77.7 Å². The van der Waals surface area contributed by atoms with E-state index in [1.807, 2.05) is 79.1 Å². The minimum Gasteiger partial charge on any atom is -0.325 e. The van der Waals surface area contributed by atoms with Crippen LogP contribution < -0.4 is 10.9 Å². The topological polar surface area (TPSA) is 64.0 Å². The first kappa shape index (κ1) is 24.7. The molecule has 5 nitrogen and oxygen atoms in total. The number of halogens is 2. The van der Waals surface area contributed by atoms with Crippen molar-refractivity contribution < 1.29 is 4.79 Å². The first-order chi connectivity index (χ1) is 16.8. The minimum atomic E-state index is -0.437. The molecule has 35 heavy (non-hydrogen) atoms. The highest BCUT2D eigenvalue weighted by molar-refractivity contribution is 6.32. The highest BCUT2D eigenvalue weighted by atomic mass is 35.5. The Hall–Kier alpha value is -3.41. The van der Waals surface area contributed by atoms with Crippen molar-refractivity contribution in [3.8, 4) is 0 Å². The average Bonchev–Trinajstić information content (AvgIpc) is 2.83. The normalized spacial score (nSPS) is 10.9. The highest BCUT2D eigenvalue weighted by Crippen LogP contribution is 2.26. The number of aromatic nitrogens is 2. The van der Waals surface area contributed by atoms with Crippen molar-refractivity contribution in [3.63, 3.8) is 0 Å². The fourth-order valence-electron chi connectivity index (χ4n) is 3.85. The maximum atomic E-state index is 12.9. The summed E-state index contributed by atoms with van der Waals surface area (Å²) in [5.74, 6) is 0.304. The predicted octanol–water partition coefficient (Wildman–Crippen LogP) is 6.31. The quantitative estimate of drug-likeness (QED) is 0.304. The van der Waals surface area contributed by atoms with E-state index in [0.29, 0.717) is 28.1 Å². The molecule has 1 aromatic heterocycles. The smallest absolute Gasteiger partial charge is 0.278 e. The Kier molecular flexibility index (Phi) is 7.69. The van der Waals surface area contributed by atoms with E-state index in [1.54, 1.807) is 12.3 Å². The van der Waals surface area contributed by atoms with E-state index in [-0.39, 0.29) is 18.6 Å². The van der Waals surface area contributed by atoms with Gasteiger partial charge in [0, 0.05) is 40.3 Å². The third-order valence-electron chi connectivity index (χ3n) is 5.93. The van der Waals surface area contributed by atoms with Crippen LogP contribution in [0.2, 0.25) is 10.0 Å². The van der Waals surface area contributed by atoms with Crippen molar-refractivity contribution in [2.45, 2.75) is 33.2 Å². The van der Waals surface area contributed by atoms with E-state index in [1.165, 1.54) is 0 Å². The predicted molar refractivity (Wildman–Crippen MR) is 142 cm³/mol. The number of nitrogens with zero attached hydrogens (tertiary/aromatic N) is 2. The van der Waals surface area contributed by atoms with Crippen molar-refractivity contribution in [1.82, 2.24) is 9.55 Å². The van der Waals surface area contributed by atoms with E-state index < -0.39 is 5.56 Å². The Morgan fingerprint density at radius 2 is 1.51 bits per heavy atom. The Balaban J connectivity index is 1.66. The second kappa shape index (κ2) is 10.9. The van der Waals surface area contributed by atoms with Crippen LogP contribution in [-0.4, -0.2) is 15.3 Å². The standard InChI is InChI=1S/C28H25Cl2N3O2/c1-18-21(10-6-11-24(18)29)14-23(34)15-22-17-33(16-20-8-4-3-5-9-20)28(32-27(22)35)31-26-13-7-12-25(30)19(26)2/h3-13,17H,14-16H2,1-2H3,(H,31,32,35). The van der Waals surface area contributed by atoms with Gasteiger partial charge in [-0.05, 0) is 54.3 Å². The maximum absolute atomic E-state index is 12.9. The number of hydrogen-bond acceptors (Lipinski definition) is 4. The molecule has 4 rings (SSSR count). The largest absolute Gasteiger partial charge is 0.325 e. The van der Waals surface area contributed by atoms with Crippen LogP contribution in [0.1, 0.15) is 27.8 Å². The zero-order valence-corrected chi connectivity index (χ0v) is 21.0. The summed E-state index contributed by atoms with van der Waals surface area (Å²) in [4.78, 5) is 30.1. The van der Waals surface area contributed by atoms with Crippen LogP contribution >= 0.6 is 23.2 Å². The number of rotatable bonds is 8. The molecule has 7 heteroatoms. The van der Waals surface area contributed by atoms with Crippen LogP contribution in [-0.2, 0) is 24.2 Å².